The summed E-state index contributed by atoms with van der Waals surface area (Å²) < 4.78 is 0. The molecular formula is C15H22N2O3. The number of nitrogens with two attached hydrogens (primary N) is 1. The number of phenols is 2. The van der Waals surface area contributed by atoms with Crippen molar-refractivity contribution in [1.82, 2.24) is 4.90 Å². The molecule has 2 atom stereocenters. The van der Waals surface area contributed by atoms with Gasteiger partial charge in [0.05, 0.1) is 0 Å². The number of carbonyl (C=O) groups is 1. The number of amides is 1. The van der Waals surface area contributed by atoms with Gasteiger partial charge in [0.15, 0.2) is 0 Å². The highest BCUT2D eigenvalue weighted by Crippen LogP contribution is 2.32. The monoisotopic (exact) mass is 278 g/mol. The largest absolute Gasteiger partial charge is 0.507 e. The first-order valence-electron chi connectivity index (χ1n) is 7.04. The lowest BCUT2D eigenvalue weighted by Gasteiger charge is -2.37. The summed E-state index contributed by atoms with van der Waals surface area (Å²) in [5.41, 5.74) is 5.76. The van der Waals surface area contributed by atoms with E-state index >= 15 is 0 Å². The Labute approximate surface area is 119 Å². The molecule has 1 aromatic carbocycles. The lowest BCUT2D eigenvalue weighted by molar-refractivity contribution is 0.0614. The van der Waals surface area contributed by atoms with E-state index in [0.29, 0.717) is 6.54 Å². The molecule has 0 bridgehead atoms. The minimum Gasteiger partial charge on any atom is -0.507 e. The fraction of sp³-hybridized carbons (Fsp3) is 0.533. The standard InChI is InChI=1S/C15H22N2O3/c1-17(11-6-3-2-5-10(11)9-16)15(20)14-12(18)7-4-8-13(14)19/h4,7-8,10-11,18-19H,2-3,5-6,9,16H2,1H3. The second-order valence-electron chi connectivity index (χ2n) is 5.43. The van der Waals surface area contributed by atoms with Crippen LogP contribution in [0.2, 0.25) is 0 Å². The summed E-state index contributed by atoms with van der Waals surface area (Å²) in [7, 11) is 1.72. The topological polar surface area (TPSA) is 86.8 Å². The summed E-state index contributed by atoms with van der Waals surface area (Å²) in [5.74, 6) is -0.458. The van der Waals surface area contributed by atoms with E-state index in [4.69, 9.17) is 5.73 Å². The maximum Gasteiger partial charge on any atom is 0.261 e. The minimum absolute atomic E-state index is 0.0312. The Hall–Kier alpha value is -1.75. The lowest BCUT2D eigenvalue weighted by atomic mass is 9.83. The van der Waals surface area contributed by atoms with E-state index in [1.54, 1.807) is 11.9 Å². The van der Waals surface area contributed by atoms with Gasteiger partial charge in [-0.05, 0) is 37.4 Å². The number of phenolic OH excluding ortho intramolecular Hbond substituents is 2. The van der Waals surface area contributed by atoms with Crippen molar-refractivity contribution in [2.24, 2.45) is 11.7 Å². The Kier molecular flexibility index (Phi) is 4.49. The van der Waals surface area contributed by atoms with Crippen molar-refractivity contribution in [2.45, 2.75) is 31.7 Å². The van der Waals surface area contributed by atoms with Gasteiger partial charge >= 0.3 is 0 Å². The SMILES string of the molecule is CN(C(=O)c1c(O)cccc1O)C1CCCCC1CN. The highest BCUT2D eigenvalue weighted by atomic mass is 16.3. The van der Waals surface area contributed by atoms with Crippen molar-refractivity contribution in [3.8, 4) is 11.5 Å². The molecular weight excluding hydrogens is 256 g/mol. The molecule has 0 heterocycles. The summed E-state index contributed by atoms with van der Waals surface area (Å²) in [4.78, 5) is 14.1. The van der Waals surface area contributed by atoms with Crippen molar-refractivity contribution < 1.29 is 15.0 Å². The molecule has 5 nitrogen and oxygen atoms in total. The fourth-order valence-electron chi connectivity index (χ4n) is 3.05. The van der Waals surface area contributed by atoms with E-state index < -0.39 is 0 Å². The van der Waals surface area contributed by atoms with Gasteiger partial charge < -0.3 is 20.8 Å². The van der Waals surface area contributed by atoms with Crippen LogP contribution in [-0.2, 0) is 0 Å². The van der Waals surface area contributed by atoms with Gasteiger partial charge in [0.1, 0.15) is 17.1 Å². The molecule has 110 valence electrons. The van der Waals surface area contributed by atoms with E-state index in [1.165, 1.54) is 18.2 Å². The number of carbonyl (C=O) groups excluding carboxylic acids is 1. The Morgan fingerprint density at radius 3 is 2.50 bits per heavy atom. The maximum atomic E-state index is 12.5. The average molecular weight is 278 g/mol. The van der Waals surface area contributed by atoms with Crippen LogP contribution in [0.3, 0.4) is 0 Å². The molecule has 0 spiro atoms. The van der Waals surface area contributed by atoms with Crippen LogP contribution in [0.25, 0.3) is 0 Å². The molecule has 0 radical (unpaired) electrons. The van der Waals surface area contributed by atoms with Gasteiger partial charge in [-0.15, -0.1) is 0 Å². The number of hydrogen-bond acceptors (Lipinski definition) is 4. The van der Waals surface area contributed by atoms with Crippen LogP contribution in [0.4, 0.5) is 0 Å². The van der Waals surface area contributed by atoms with E-state index in [-0.39, 0.29) is 34.9 Å². The number of benzene rings is 1. The van der Waals surface area contributed by atoms with Crippen LogP contribution < -0.4 is 5.73 Å². The van der Waals surface area contributed by atoms with Gasteiger partial charge in [0.2, 0.25) is 0 Å². The zero-order chi connectivity index (χ0) is 14.7. The second-order valence-corrected chi connectivity index (χ2v) is 5.43. The first-order valence-corrected chi connectivity index (χ1v) is 7.04. The highest BCUT2D eigenvalue weighted by Gasteiger charge is 2.32. The van der Waals surface area contributed by atoms with Gasteiger partial charge in [-0.3, -0.25) is 4.79 Å². The van der Waals surface area contributed by atoms with Crippen LogP contribution >= 0.6 is 0 Å². The van der Waals surface area contributed by atoms with Crippen molar-refractivity contribution in [3.63, 3.8) is 0 Å². The van der Waals surface area contributed by atoms with Crippen LogP contribution in [0.1, 0.15) is 36.0 Å². The van der Waals surface area contributed by atoms with Crippen molar-refractivity contribution in [3.05, 3.63) is 23.8 Å². The molecule has 0 aliphatic heterocycles. The molecule has 5 heteroatoms. The first-order chi connectivity index (χ1) is 9.56. The molecule has 4 N–H and O–H groups in total. The predicted octanol–water partition coefficient (Wildman–Crippen LogP) is 1.69. The van der Waals surface area contributed by atoms with Crippen LogP contribution in [0, 0.1) is 5.92 Å². The number of nitrogens with zero attached hydrogens (tertiary/aromatic N) is 1. The van der Waals surface area contributed by atoms with Gasteiger partial charge in [-0.1, -0.05) is 18.9 Å². The molecule has 1 amide bonds. The smallest absolute Gasteiger partial charge is 0.261 e. The fourth-order valence-corrected chi connectivity index (χ4v) is 3.05. The first kappa shape index (κ1) is 14.7. The van der Waals surface area contributed by atoms with Crippen molar-refractivity contribution in [1.29, 1.82) is 0 Å². The molecule has 0 saturated heterocycles. The average Bonchev–Trinajstić information content (AvgIpc) is 2.46. The Morgan fingerprint density at radius 2 is 1.90 bits per heavy atom. The molecule has 1 aliphatic rings. The van der Waals surface area contributed by atoms with Gasteiger partial charge in [-0.2, -0.15) is 0 Å². The highest BCUT2D eigenvalue weighted by molar-refractivity contribution is 5.99. The number of hydrogen-bond donors (Lipinski definition) is 3. The number of aromatic hydroxyl groups is 2. The normalized spacial score (nSPS) is 22.5. The zero-order valence-electron chi connectivity index (χ0n) is 11.7. The Balaban J connectivity index is 2.23. The Bertz CT molecular complexity index is 470. The zero-order valence-corrected chi connectivity index (χ0v) is 11.7. The minimum atomic E-state index is -0.356. The Morgan fingerprint density at radius 1 is 1.30 bits per heavy atom. The molecule has 20 heavy (non-hydrogen) atoms. The molecule has 0 aromatic heterocycles. The van der Waals surface area contributed by atoms with Gasteiger partial charge in [0, 0.05) is 13.1 Å². The second kappa shape index (κ2) is 6.13. The molecule has 1 aromatic rings. The summed E-state index contributed by atoms with van der Waals surface area (Å²) >= 11 is 0. The van der Waals surface area contributed by atoms with Crippen LogP contribution in [-0.4, -0.2) is 40.7 Å². The van der Waals surface area contributed by atoms with Crippen molar-refractivity contribution >= 4 is 5.91 Å². The summed E-state index contributed by atoms with van der Waals surface area (Å²) in [6.07, 6.45) is 4.15. The quantitative estimate of drug-likeness (QED) is 0.785. The summed E-state index contributed by atoms with van der Waals surface area (Å²) in [5, 5.41) is 19.6. The third-order valence-electron chi connectivity index (χ3n) is 4.22. The van der Waals surface area contributed by atoms with Crippen LogP contribution in [0.15, 0.2) is 18.2 Å². The van der Waals surface area contributed by atoms with E-state index in [9.17, 15) is 15.0 Å². The maximum absolute atomic E-state index is 12.5. The lowest BCUT2D eigenvalue weighted by Crippen LogP contribution is -2.45. The third kappa shape index (κ3) is 2.72. The van der Waals surface area contributed by atoms with Crippen molar-refractivity contribution in [2.75, 3.05) is 13.6 Å². The summed E-state index contributed by atoms with van der Waals surface area (Å²) in [6, 6.07) is 4.38. The van der Waals surface area contributed by atoms with Gasteiger partial charge in [0.25, 0.3) is 5.91 Å². The third-order valence-corrected chi connectivity index (χ3v) is 4.22. The molecule has 1 aliphatic carbocycles. The predicted molar refractivity (Wildman–Crippen MR) is 76.7 cm³/mol. The van der Waals surface area contributed by atoms with Gasteiger partial charge in [-0.25, -0.2) is 0 Å². The van der Waals surface area contributed by atoms with Crippen LogP contribution in [0.5, 0.6) is 11.5 Å². The molecule has 1 saturated carbocycles. The number of rotatable bonds is 3. The molecule has 2 unspecified atom stereocenters. The molecule has 2 rings (SSSR count). The van der Waals surface area contributed by atoms with E-state index in [2.05, 4.69) is 0 Å². The van der Waals surface area contributed by atoms with E-state index in [0.717, 1.165) is 25.7 Å². The van der Waals surface area contributed by atoms with E-state index in [1.807, 2.05) is 0 Å². The summed E-state index contributed by atoms with van der Waals surface area (Å²) in [6.45, 7) is 0.551. The molecule has 1 fully saturated rings.